The minimum absolute atomic E-state index is 0.179. The standard InChI is InChI=1S/C21H16BrClN2O6S2/c1-30-16-6-11(7-17-20(29)25(9-19(27)28)21(32)33-17)2-5-15(16)31-10-18(26)24-12-3-4-13(22)14(23)8-12/h2-8H,9-10H2,1H3,(H,24,26)(H,27,28)/b17-7+. The molecule has 0 spiro atoms. The van der Waals surface area contributed by atoms with Gasteiger partial charge in [-0.25, -0.2) is 0 Å². The van der Waals surface area contributed by atoms with E-state index in [0.29, 0.717) is 37.2 Å². The zero-order valence-corrected chi connectivity index (χ0v) is 20.9. The predicted octanol–water partition coefficient (Wildman–Crippen LogP) is 4.41. The summed E-state index contributed by atoms with van der Waals surface area (Å²) in [6, 6.07) is 9.93. The number of anilines is 1. The molecule has 172 valence electrons. The second-order valence-electron chi connectivity index (χ2n) is 6.54. The first-order valence-electron chi connectivity index (χ1n) is 9.21. The van der Waals surface area contributed by atoms with Crippen molar-refractivity contribution in [2.24, 2.45) is 0 Å². The second-order valence-corrected chi connectivity index (χ2v) is 9.47. The summed E-state index contributed by atoms with van der Waals surface area (Å²) in [7, 11) is 1.45. The number of ether oxygens (including phenoxy) is 2. The molecule has 0 unspecified atom stereocenters. The molecule has 0 aliphatic carbocycles. The molecule has 1 aliphatic heterocycles. The summed E-state index contributed by atoms with van der Waals surface area (Å²) >= 11 is 15.4. The molecule has 3 rings (SSSR count). The van der Waals surface area contributed by atoms with Gasteiger partial charge in [0.05, 0.1) is 17.0 Å². The number of carboxylic acids is 1. The number of rotatable bonds is 8. The van der Waals surface area contributed by atoms with E-state index in [1.807, 2.05) is 0 Å². The fraction of sp³-hybridized carbons (Fsp3) is 0.143. The number of nitrogens with zero attached hydrogens (tertiary/aromatic N) is 1. The third-order valence-corrected chi connectivity index (χ3v) is 6.82. The molecular formula is C21H16BrClN2O6S2. The number of carboxylic acid groups (broad SMARTS) is 1. The molecule has 0 saturated carbocycles. The molecule has 1 saturated heterocycles. The van der Waals surface area contributed by atoms with Gasteiger partial charge in [0.15, 0.2) is 18.1 Å². The largest absolute Gasteiger partial charge is 0.493 e. The van der Waals surface area contributed by atoms with Crippen molar-refractivity contribution in [3.8, 4) is 11.5 Å². The summed E-state index contributed by atoms with van der Waals surface area (Å²) < 4.78 is 11.8. The zero-order chi connectivity index (χ0) is 24.1. The molecule has 1 fully saturated rings. The Kier molecular flexibility index (Phi) is 8.35. The van der Waals surface area contributed by atoms with Crippen LogP contribution in [0.15, 0.2) is 45.8 Å². The molecule has 1 aliphatic rings. The van der Waals surface area contributed by atoms with Crippen LogP contribution in [0.1, 0.15) is 5.56 Å². The smallest absolute Gasteiger partial charge is 0.323 e. The van der Waals surface area contributed by atoms with Crippen LogP contribution in [-0.2, 0) is 14.4 Å². The van der Waals surface area contributed by atoms with Crippen molar-refractivity contribution in [3.63, 3.8) is 0 Å². The molecule has 0 bridgehead atoms. The molecule has 0 aromatic heterocycles. The van der Waals surface area contributed by atoms with E-state index in [1.165, 1.54) is 7.11 Å². The van der Waals surface area contributed by atoms with E-state index < -0.39 is 18.4 Å². The molecule has 2 N–H and O–H groups in total. The van der Waals surface area contributed by atoms with E-state index in [1.54, 1.807) is 42.5 Å². The van der Waals surface area contributed by atoms with Crippen LogP contribution in [-0.4, -0.2) is 52.4 Å². The van der Waals surface area contributed by atoms with Crippen molar-refractivity contribution in [2.75, 3.05) is 25.6 Å². The number of amides is 2. The summed E-state index contributed by atoms with van der Waals surface area (Å²) in [6.07, 6.45) is 1.58. The molecule has 33 heavy (non-hydrogen) atoms. The number of hydrogen-bond donors (Lipinski definition) is 2. The average molecular weight is 572 g/mol. The maximum atomic E-state index is 12.4. The van der Waals surface area contributed by atoms with Crippen molar-refractivity contribution in [3.05, 3.63) is 56.4 Å². The number of benzene rings is 2. The number of carbonyl (C=O) groups is 3. The van der Waals surface area contributed by atoms with Crippen LogP contribution in [0, 0.1) is 0 Å². The van der Waals surface area contributed by atoms with Crippen molar-refractivity contribution in [1.82, 2.24) is 4.90 Å². The molecule has 2 amide bonds. The van der Waals surface area contributed by atoms with E-state index >= 15 is 0 Å². The van der Waals surface area contributed by atoms with Crippen molar-refractivity contribution < 1.29 is 29.0 Å². The minimum atomic E-state index is -1.15. The summed E-state index contributed by atoms with van der Waals surface area (Å²) in [4.78, 5) is 36.9. The number of thiocarbonyl (C=S) groups is 1. The first-order chi connectivity index (χ1) is 15.7. The Morgan fingerprint density at radius 1 is 1.27 bits per heavy atom. The zero-order valence-electron chi connectivity index (χ0n) is 17.0. The number of thioether (sulfide) groups is 1. The van der Waals surface area contributed by atoms with Gasteiger partial charge in [-0.3, -0.25) is 19.3 Å². The Hall–Kier alpha value is -2.60. The quantitative estimate of drug-likeness (QED) is 0.355. The van der Waals surface area contributed by atoms with Gasteiger partial charge in [0.25, 0.3) is 11.8 Å². The molecule has 2 aromatic carbocycles. The summed E-state index contributed by atoms with van der Waals surface area (Å²) in [5.41, 5.74) is 1.14. The Bertz CT molecular complexity index is 1170. The Labute approximate surface area is 212 Å². The van der Waals surface area contributed by atoms with Gasteiger partial charge in [0, 0.05) is 10.2 Å². The Balaban J connectivity index is 1.67. The number of carbonyl (C=O) groups excluding carboxylic acids is 2. The van der Waals surface area contributed by atoms with E-state index in [2.05, 4.69) is 21.2 Å². The highest BCUT2D eigenvalue weighted by molar-refractivity contribution is 9.10. The summed E-state index contributed by atoms with van der Waals surface area (Å²) in [6.45, 7) is -0.760. The maximum absolute atomic E-state index is 12.4. The lowest BCUT2D eigenvalue weighted by Gasteiger charge is -2.12. The third-order valence-electron chi connectivity index (χ3n) is 4.21. The van der Waals surface area contributed by atoms with Gasteiger partial charge in [0.2, 0.25) is 0 Å². The lowest BCUT2D eigenvalue weighted by atomic mass is 10.2. The van der Waals surface area contributed by atoms with Gasteiger partial charge in [-0.2, -0.15) is 0 Å². The van der Waals surface area contributed by atoms with Gasteiger partial charge in [-0.1, -0.05) is 41.6 Å². The van der Waals surface area contributed by atoms with Gasteiger partial charge in [-0.15, -0.1) is 0 Å². The van der Waals surface area contributed by atoms with Gasteiger partial charge >= 0.3 is 5.97 Å². The molecule has 0 atom stereocenters. The van der Waals surface area contributed by atoms with Crippen LogP contribution >= 0.6 is 51.5 Å². The lowest BCUT2D eigenvalue weighted by Crippen LogP contribution is -2.33. The fourth-order valence-corrected chi connectivity index (χ4v) is 4.41. The first-order valence-corrected chi connectivity index (χ1v) is 11.6. The maximum Gasteiger partial charge on any atom is 0.323 e. The van der Waals surface area contributed by atoms with E-state index in [4.69, 9.17) is 38.4 Å². The average Bonchev–Trinajstić information content (AvgIpc) is 3.02. The molecule has 8 nitrogen and oxygen atoms in total. The molecule has 12 heteroatoms. The molecule has 2 aromatic rings. The van der Waals surface area contributed by atoms with Crippen LogP contribution in [0.5, 0.6) is 11.5 Å². The number of nitrogens with one attached hydrogen (secondary N) is 1. The number of methoxy groups -OCH3 is 1. The highest BCUT2D eigenvalue weighted by Crippen LogP contribution is 2.34. The van der Waals surface area contributed by atoms with Crippen LogP contribution < -0.4 is 14.8 Å². The normalized spacial score (nSPS) is 14.5. The molecule has 0 radical (unpaired) electrons. The topological polar surface area (TPSA) is 105 Å². The third kappa shape index (κ3) is 6.47. The Morgan fingerprint density at radius 3 is 2.70 bits per heavy atom. The van der Waals surface area contributed by atoms with Crippen LogP contribution in [0.4, 0.5) is 5.69 Å². The summed E-state index contributed by atoms with van der Waals surface area (Å²) in [5.74, 6) is -1.33. The van der Waals surface area contributed by atoms with Crippen LogP contribution in [0.3, 0.4) is 0 Å². The minimum Gasteiger partial charge on any atom is -0.493 e. The van der Waals surface area contributed by atoms with Crippen LogP contribution in [0.2, 0.25) is 5.02 Å². The molecule has 1 heterocycles. The van der Waals surface area contributed by atoms with Crippen molar-refractivity contribution in [1.29, 1.82) is 0 Å². The first kappa shape index (κ1) is 25.0. The van der Waals surface area contributed by atoms with Crippen molar-refractivity contribution in [2.45, 2.75) is 0 Å². The van der Waals surface area contributed by atoms with Gasteiger partial charge in [-0.05, 0) is 57.9 Å². The SMILES string of the molecule is COc1cc(/C=C2/SC(=S)N(CC(=O)O)C2=O)ccc1OCC(=O)Nc1ccc(Br)c(Cl)c1. The highest BCUT2D eigenvalue weighted by atomic mass is 79.9. The summed E-state index contributed by atoms with van der Waals surface area (Å²) in [5, 5.41) is 12.1. The van der Waals surface area contributed by atoms with Crippen LogP contribution in [0.25, 0.3) is 6.08 Å². The van der Waals surface area contributed by atoms with E-state index in [9.17, 15) is 14.4 Å². The number of halogens is 2. The monoisotopic (exact) mass is 570 g/mol. The number of hydrogen-bond acceptors (Lipinski definition) is 7. The predicted molar refractivity (Wildman–Crippen MR) is 134 cm³/mol. The van der Waals surface area contributed by atoms with E-state index in [0.717, 1.165) is 16.7 Å². The molecular weight excluding hydrogens is 556 g/mol. The number of aliphatic carboxylic acids is 1. The lowest BCUT2D eigenvalue weighted by molar-refractivity contribution is -0.140. The van der Waals surface area contributed by atoms with Gasteiger partial charge < -0.3 is 19.9 Å². The second kappa shape index (κ2) is 11.0. The highest BCUT2D eigenvalue weighted by Gasteiger charge is 2.33. The Morgan fingerprint density at radius 2 is 2.03 bits per heavy atom. The fourth-order valence-electron chi connectivity index (χ4n) is 2.73. The van der Waals surface area contributed by atoms with Gasteiger partial charge in [0.1, 0.15) is 10.9 Å². The van der Waals surface area contributed by atoms with Crippen molar-refractivity contribution >= 4 is 85.4 Å². The van der Waals surface area contributed by atoms with E-state index in [-0.39, 0.29) is 16.8 Å².